The molecule has 1 saturated heterocycles. The van der Waals surface area contributed by atoms with E-state index in [-0.39, 0.29) is 6.10 Å². The summed E-state index contributed by atoms with van der Waals surface area (Å²) in [6.07, 6.45) is 2.76. The van der Waals surface area contributed by atoms with Crippen LogP contribution < -0.4 is 0 Å². The summed E-state index contributed by atoms with van der Waals surface area (Å²) in [5, 5.41) is 10.4. The van der Waals surface area contributed by atoms with Gasteiger partial charge in [-0.15, -0.1) is 0 Å². The second kappa shape index (κ2) is 7.76. The van der Waals surface area contributed by atoms with Crippen molar-refractivity contribution in [3.8, 4) is 0 Å². The molecule has 2 heteroatoms. The molecule has 2 unspecified atom stereocenters. The van der Waals surface area contributed by atoms with Gasteiger partial charge in [-0.25, -0.2) is 0 Å². The number of hydrogen-bond donors (Lipinski definition) is 1. The number of aliphatic hydroxyl groups is 1. The number of hydrogen-bond acceptors (Lipinski definition) is 2. The van der Waals surface area contributed by atoms with Crippen molar-refractivity contribution in [1.82, 2.24) is 4.90 Å². The highest BCUT2D eigenvalue weighted by Gasteiger charge is 2.27. The van der Waals surface area contributed by atoms with Crippen molar-refractivity contribution in [2.45, 2.75) is 38.8 Å². The average molecular weight is 309 g/mol. The van der Waals surface area contributed by atoms with Crippen LogP contribution in [0.2, 0.25) is 0 Å². The van der Waals surface area contributed by atoms with Crippen LogP contribution in [0.3, 0.4) is 0 Å². The Morgan fingerprint density at radius 2 is 1.65 bits per heavy atom. The lowest BCUT2D eigenvalue weighted by molar-refractivity contribution is 0.0239. The van der Waals surface area contributed by atoms with Crippen molar-refractivity contribution in [1.29, 1.82) is 0 Å². The summed E-state index contributed by atoms with van der Waals surface area (Å²) in [5.74, 6) is 0.333. The van der Waals surface area contributed by atoms with Gasteiger partial charge in [0.25, 0.3) is 0 Å². The van der Waals surface area contributed by atoms with E-state index in [2.05, 4.69) is 66.4 Å². The van der Waals surface area contributed by atoms with Gasteiger partial charge in [0.05, 0.1) is 6.10 Å². The molecule has 0 bridgehead atoms. The first-order chi connectivity index (χ1) is 11.2. The molecule has 3 rings (SSSR count). The Balaban J connectivity index is 1.61. The van der Waals surface area contributed by atoms with Crippen LogP contribution in [0.25, 0.3) is 0 Å². The number of rotatable bonds is 5. The standard InChI is InChI=1S/C21H27NO/c1-2-17-8-10-18(11-9-17)14-20-16-22(13-12-21(20)23)15-19-6-4-3-5-7-19/h3-11,20-21,23H,2,12-16H2,1H3. The maximum Gasteiger partial charge on any atom is 0.0596 e. The molecule has 0 aliphatic carbocycles. The number of nitrogens with zero attached hydrogens (tertiary/aromatic N) is 1. The topological polar surface area (TPSA) is 23.5 Å². The van der Waals surface area contributed by atoms with E-state index in [1.165, 1.54) is 16.7 Å². The van der Waals surface area contributed by atoms with Crippen molar-refractivity contribution in [3.05, 3.63) is 71.3 Å². The van der Waals surface area contributed by atoms with Crippen LogP contribution in [0.4, 0.5) is 0 Å². The summed E-state index contributed by atoms with van der Waals surface area (Å²) in [6, 6.07) is 19.5. The molecule has 2 aromatic carbocycles. The van der Waals surface area contributed by atoms with Crippen molar-refractivity contribution >= 4 is 0 Å². The van der Waals surface area contributed by atoms with Gasteiger partial charge in [0.1, 0.15) is 0 Å². The number of piperidine rings is 1. The first kappa shape index (κ1) is 16.2. The summed E-state index contributed by atoms with van der Waals surface area (Å²) < 4.78 is 0. The van der Waals surface area contributed by atoms with Gasteiger partial charge in [-0.3, -0.25) is 4.90 Å². The second-order valence-electron chi connectivity index (χ2n) is 6.71. The predicted octanol–water partition coefficient (Wildman–Crippen LogP) is 3.67. The minimum Gasteiger partial charge on any atom is -0.393 e. The van der Waals surface area contributed by atoms with Crippen LogP contribution in [0.15, 0.2) is 54.6 Å². The largest absolute Gasteiger partial charge is 0.393 e. The van der Waals surface area contributed by atoms with E-state index in [1.54, 1.807) is 0 Å². The van der Waals surface area contributed by atoms with Crippen LogP contribution in [-0.4, -0.2) is 29.2 Å². The first-order valence-corrected chi connectivity index (χ1v) is 8.76. The monoisotopic (exact) mass is 309 g/mol. The van der Waals surface area contributed by atoms with Crippen molar-refractivity contribution < 1.29 is 5.11 Å². The molecule has 122 valence electrons. The molecule has 1 fully saturated rings. The van der Waals surface area contributed by atoms with Gasteiger partial charge in [0.15, 0.2) is 0 Å². The molecule has 2 nitrogen and oxygen atoms in total. The van der Waals surface area contributed by atoms with Gasteiger partial charge in [0.2, 0.25) is 0 Å². The number of benzene rings is 2. The first-order valence-electron chi connectivity index (χ1n) is 8.76. The van der Waals surface area contributed by atoms with Crippen molar-refractivity contribution in [2.24, 2.45) is 5.92 Å². The smallest absolute Gasteiger partial charge is 0.0596 e. The van der Waals surface area contributed by atoms with E-state index in [4.69, 9.17) is 0 Å². The second-order valence-corrected chi connectivity index (χ2v) is 6.71. The minimum absolute atomic E-state index is 0.173. The van der Waals surface area contributed by atoms with Crippen LogP contribution >= 0.6 is 0 Å². The SMILES string of the molecule is CCc1ccc(CC2CN(Cc3ccccc3)CCC2O)cc1. The number of aryl methyl sites for hydroxylation is 1. The molecule has 23 heavy (non-hydrogen) atoms. The molecular formula is C21H27NO. The lowest BCUT2D eigenvalue weighted by Crippen LogP contribution is -2.43. The highest BCUT2D eigenvalue weighted by molar-refractivity contribution is 5.23. The average Bonchev–Trinajstić information content (AvgIpc) is 2.59. The fourth-order valence-corrected chi connectivity index (χ4v) is 3.49. The quantitative estimate of drug-likeness (QED) is 0.911. The third-order valence-electron chi connectivity index (χ3n) is 4.96. The van der Waals surface area contributed by atoms with Gasteiger partial charge < -0.3 is 5.11 Å². The Kier molecular flexibility index (Phi) is 5.47. The zero-order valence-electron chi connectivity index (χ0n) is 14.0. The molecule has 0 radical (unpaired) electrons. The highest BCUT2D eigenvalue weighted by atomic mass is 16.3. The van der Waals surface area contributed by atoms with Crippen LogP contribution in [-0.2, 0) is 19.4 Å². The lowest BCUT2D eigenvalue weighted by Gasteiger charge is -2.36. The van der Waals surface area contributed by atoms with Gasteiger partial charge in [0, 0.05) is 25.6 Å². The maximum absolute atomic E-state index is 10.4. The summed E-state index contributed by atoms with van der Waals surface area (Å²) in [5.41, 5.74) is 4.08. The Morgan fingerprint density at radius 1 is 0.957 bits per heavy atom. The zero-order valence-corrected chi connectivity index (χ0v) is 14.0. The maximum atomic E-state index is 10.4. The third-order valence-corrected chi connectivity index (χ3v) is 4.96. The van der Waals surface area contributed by atoms with E-state index in [0.717, 1.165) is 38.9 Å². The third kappa shape index (κ3) is 4.43. The fraction of sp³-hybridized carbons (Fsp3) is 0.429. The molecule has 0 saturated carbocycles. The molecule has 0 amide bonds. The Labute approximate surface area is 139 Å². The van der Waals surface area contributed by atoms with E-state index in [0.29, 0.717) is 5.92 Å². The summed E-state index contributed by atoms with van der Waals surface area (Å²) >= 11 is 0. The van der Waals surface area contributed by atoms with Crippen LogP contribution in [0.5, 0.6) is 0 Å². The highest BCUT2D eigenvalue weighted by Crippen LogP contribution is 2.23. The van der Waals surface area contributed by atoms with Gasteiger partial charge in [-0.2, -0.15) is 0 Å². The van der Waals surface area contributed by atoms with Crippen LogP contribution in [0.1, 0.15) is 30.0 Å². The molecule has 0 spiro atoms. The molecule has 1 aliphatic heterocycles. The van der Waals surface area contributed by atoms with E-state index >= 15 is 0 Å². The Bertz CT molecular complexity index is 593. The predicted molar refractivity (Wildman–Crippen MR) is 95.4 cm³/mol. The normalized spacial score (nSPS) is 22.2. The van der Waals surface area contributed by atoms with Crippen molar-refractivity contribution in [2.75, 3.05) is 13.1 Å². The Morgan fingerprint density at radius 3 is 2.35 bits per heavy atom. The molecule has 0 aromatic heterocycles. The summed E-state index contributed by atoms with van der Waals surface area (Å²) in [7, 11) is 0. The minimum atomic E-state index is -0.173. The lowest BCUT2D eigenvalue weighted by atomic mass is 9.88. The van der Waals surface area contributed by atoms with Gasteiger partial charge >= 0.3 is 0 Å². The summed E-state index contributed by atoms with van der Waals surface area (Å²) in [4.78, 5) is 2.48. The zero-order chi connectivity index (χ0) is 16.1. The van der Waals surface area contributed by atoms with E-state index in [1.807, 2.05) is 0 Å². The van der Waals surface area contributed by atoms with Gasteiger partial charge in [-0.1, -0.05) is 61.5 Å². The van der Waals surface area contributed by atoms with Crippen molar-refractivity contribution in [3.63, 3.8) is 0 Å². The molecular weight excluding hydrogens is 282 g/mol. The van der Waals surface area contributed by atoms with E-state index < -0.39 is 0 Å². The Hall–Kier alpha value is -1.64. The fourth-order valence-electron chi connectivity index (χ4n) is 3.49. The molecule has 1 aliphatic rings. The molecule has 2 atom stereocenters. The van der Waals surface area contributed by atoms with Crippen LogP contribution in [0, 0.1) is 5.92 Å². The molecule has 2 aromatic rings. The number of aliphatic hydroxyl groups excluding tert-OH is 1. The van der Waals surface area contributed by atoms with Gasteiger partial charge in [-0.05, 0) is 36.0 Å². The molecule has 1 heterocycles. The number of likely N-dealkylation sites (tertiary alicyclic amines) is 1. The summed E-state index contributed by atoms with van der Waals surface area (Å²) in [6.45, 7) is 5.13. The van der Waals surface area contributed by atoms with E-state index in [9.17, 15) is 5.11 Å². The molecule has 1 N–H and O–H groups in total.